The van der Waals surface area contributed by atoms with Gasteiger partial charge in [0, 0.05) is 19.3 Å². The monoisotopic (exact) mass is 265 g/mol. The van der Waals surface area contributed by atoms with Crippen LogP contribution in [0.4, 0.5) is 0 Å². The molecule has 0 saturated heterocycles. The van der Waals surface area contributed by atoms with Gasteiger partial charge in [-0.25, -0.2) is 0 Å². The lowest BCUT2D eigenvalue weighted by Crippen LogP contribution is -2.29. The molecule has 0 aliphatic heterocycles. The average Bonchev–Trinajstić information content (AvgIpc) is 2.78. The van der Waals surface area contributed by atoms with Crippen molar-refractivity contribution in [2.75, 3.05) is 13.1 Å². The quantitative estimate of drug-likeness (QED) is 0.696. The normalized spacial score (nSPS) is 11.2. The van der Waals surface area contributed by atoms with Gasteiger partial charge >= 0.3 is 5.97 Å². The van der Waals surface area contributed by atoms with Gasteiger partial charge in [-0.2, -0.15) is 5.10 Å². The molecule has 0 radical (unpaired) electrons. The van der Waals surface area contributed by atoms with Crippen molar-refractivity contribution in [3.8, 4) is 0 Å². The topological polar surface area (TPSA) is 58.4 Å². The van der Waals surface area contributed by atoms with Crippen LogP contribution in [-0.4, -0.2) is 38.8 Å². The van der Waals surface area contributed by atoms with E-state index in [1.165, 1.54) is 0 Å². The Morgan fingerprint density at radius 3 is 2.79 bits per heavy atom. The van der Waals surface area contributed by atoms with Crippen LogP contribution < -0.4 is 0 Å². The molecule has 1 rings (SSSR count). The summed E-state index contributed by atoms with van der Waals surface area (Å²) in [6, 6.07) is 2.37. The maximum absolute atomic E-state index is 10.8. The lowest BCUT2D eigenvalue weighted by atomic mass is 10.2. The largest absolute Gasteiger partial charge is 0.480 e. The van der Waals surface area contributed by atoms with Crippen LogP contribution in [-0.2, 0) is 11.3 Å². The first-order chi connectivity index (χ1) is 9.10. The standard InChI is InChI=1S/C14H23N3O2/c1-4-8-16(11-14(18)19)10-12-7-9-17(15-12)13(5-2)6-3/h4,7,9,13H,1,5-6,8,10-11H2,2-3H3,(H,18,19). The average molecular weight is 265 g/mol. The summed E-state index contributed by atoms with van der Waals surface area (Å²) in [6.45, 7) is 9.02. The fourth-order valence-electron chi connectivity index (χ4n) is 2.12. The van der Waals surface area contributed by atoms with Crippen molar-refractivity contribution in [3.05, 3.63) is 30.6 Å². The van der Waals surface area contributed by atoms with Crippen LogP contribution in [0.25, 0.3) is 0 Å². The minimum Gasteiger partial charge on any atom is -0.480 e. The van der Waals surface area contributed by atoms with Crippen molar-refractivity contribution in [1.82, 2.24) is 14.7 Å². The minimum absolute atomic E-state index is 0.00383. The predicted octanol–water partition coefficient (Wildman–Crippen LogP) is 2.32. The maximum atomic E-state index is 10.8. The fraction of sp³-hybridized carbons (Fsp3) is 0.571. The number of hydrogen-bond donors (Lipinski definition) is 1. The van der Waals surface area contributed by atoms with Crippen molar-refractivity contribution in [1.29, 1.82) is 0 Å². The van der Waals surface area contributed by atoms with Gasteiger partial charge in [-0.15, -0.1) is 6.58 Å². The van der Waals surface area contributed by atoms with Crippen LogP contribution in [0.5, 0.6) is 0 Å². The second-order valence-electron chi connectivity index (χ2n) is 4.61. The Morgan fingerprint density at radius 2 is 2.26 bits per heavy atom. The molecule has 1 N–H and O–H groups in total. The van der Waals surface area contributed by atoms with E-state index < -0.39 is 5.97 Å². The first-order valence-corrected chi connectivity index (χ1v) is 6.69. The van der Waals surface area contributed by atoms with E-state index in [4.69, 9.17) is 5.11 Å². The number of carboxylic acids is 1. The first kappa shape index (κ1) is 15.4. The van der Waals surface area contributed by atoms with Gasteiger partial charge in [0.2, 0.25) is 0 Å². The molecule has 1 aromatic rings. The molecule has 0 aliphatic rings. The smallest absolute Gasteiger partial charge is 0.317 e. The van der Waals surface area contributed by atoms with Crippen LogP contribution in [0.1, 0.15) is 38.4 Å². The van der Waals surface area contributed by atoms with E-state index in [0.29, 0.717) is 19.1 Å². The highest BCUT2D eigenvalue weighted by molar-refractivity contribution is 5.69. The molecule has 0 atom stereocenters. The molecule has 1 heterocycles. The number of carbonyl (C=O) groups is 1. The molecule has 0 saturated carbocycles. The molecule has 5 nitrogen and oxygen atoms in total. The Labute approximate surface area is 114 Å². The molecule has 5 heteroatoms. The molecule has 0 unspecified atom stereocenters. The van der Waals surface area contributed by atoms with Crippen LogP contribution in [0, 0.1) is 0 Å². The van der Waals surface area contributed by atoms with Crippen molar-refractivity contribution in [3.63, 3.8) is 0 Å². The summed E-state index contributed by atoms with van der Waals surface area (Å²) in [6.07, 6.45) is 5.77. The summed E-state index contributed by atoms with van der Waals surface area (Å²) in [5.41, 5.74) is 0.898. The van der Waals surface area contributed by atoms with E-state index in [9.17, 15) is 4.79 Å². The molecule has 1 aromatic heterocycles. The number of carboxylic acid groups (broad SMARTS) is 1. The van der Waals surface area contributed by atoms with E-state index in [1.807, 2.05) is 16.9 Å². The number of rotatable bonds is 9. The van der Waals surface area contributed by atoms with Gasteiger partial charge in [0.05, 0.1) is 18.3 Å². The third-order valence-corrected chi connectivity index (χ3v) is 3.11. The van der Waals surface area contributed by atoms with Crippen molar-refractivity contribution in [2.45, 2.75) is 39.3 Å². The lowest BCUT2D eigenvalue weighted by molar-refractivity contribution is -0.138. The van der Waals surface area contributed by atoms with Gasteiger partial charge in [0.25, 0.3) is 0 Å². The van der Waals surface area contributed by atoms with Crippen molar-refractivity contribution >= 4 is 5.97 Å². The molecule has 0 spiro atoms. The number of nitrogens with zero attached hydrogens (tertiary/aromatic N) is 3. The number of hydrogen-bond acceptors (Lipinski definition) is 3. The van der Waals surface area contributed by atoms with E-state index in [-0.39, 0.29) is 6.54 Å². The van der Waals surface area contributed by atoms with Crippen LogP contribution >= 0.6 is 0 Å². The highest BCUT2D eigenvalue weighted by Gasteiger charge is 2.12. The second kappa shape index (κ2) is 7.74. The Kier molecular flexibility index (Phi) is 6.29. The van der Waals surface area contributed by atoms with E-state index in [1.54, 1.807) is 11.0 Å². The SMILES string of the molecule is C=CCN(CC(=O)O)Cc1ccn(C(CC)CC)n1. The van der Waals surface area contributed by atoms with Crippen molar-refractivity contribution in [2.24, 2.45) is 0 Å². The Bertz CT molecular complexity index is 411. The highest BCUT2D eigenvalue weighted by atomic mass is 16.4. The summed E-state index contributed by atoms with van der Waals surface area (Å²) in [7, 11) is 0. The molecule has 106 valence electrons. The second-order valence-corrected chi connectivity index (χ2v) is 4.61. The lowest BCUT2D eigenvalue weighted by Gasteiger charge is -2.17. The van der Waals surface area contributed by atoms with Crippen LogP contribution in [0.2, 0.25) is 0 Å². The highest BCUT2D eigenvalue weighted by Crippen LogP contribution is 2.15. The third-order valence-electron chi connectivity index (χ3n) is 3.11. The van der Waals surface area contributed by atoms with Gasteiger partial charge in [-0.1, -0.05) is 19.9 Å². The zero-order valence-corrected chi connectivity index (χ0v) is 11.7. The molecule has 0 aromatic carbocycles. The molecular formula is C14H23N3O2. The van der Waals surface area contributed by atoms with Gasteiger partial charge < -0.3 is 5.11 Å². The Balaban J connectivity index is 2.69. The molecule has 0 fully saturated rings. The maximum Gasteiger partial charge on any atom is 0.317 e. The van der Waals surface area contributed by atoms with E-state index in [0.717, 1.165) is 18.5 Å². The molecule has 0 aliphatic carbocycles. The Morgan fingerprint density at radius 1 is 1.58 bits per heavy atom. The van der Waals surface area contributed by atoms with Gasteiger partial charge in [-0.3, -0.25) is 14.4 Å². The first-order valence-electron chi connectivity index (χ1n) is 6.69. The summed E-state index contributed by atoms with van der Waals surface area (Å²) in [4.78, 5) is 12.6. The molecular weight excluding hydrogens is 242 g/mol. The van der Waals surface area contributed by atoms with Gasteiger partial charge in [-0.05, 0) is 18.9 Å². The third kappa shape index (κ3) is 4.87. The zero-order valence-electron chi connectivity index (χ0n) is 11.7. The van der Waals surface area contributed by atoms with Crippen LogP contribution in [0.15, 0.2) is 24.9 Å². The van der Waals surface area contributed by atoms with E-state index >= 15 is 0 Å². The molecule has 0 amide bonds. The Hall–Kier alpha value is -1.62. The summed E-state index contributed by atoms with van der Waals surface area (Å²) in [5.74, 6) is -0.832. The fourth-order valence-corrected chi connectivity index (χ4v) is 2.12. The molecule has 19 heavy (non-hydrogen) atoms. The van der Waals surface area contributed by atoms with E-state index in [2.05, 4.69) is 25.5 Å². The summed E-state index contributed by atoms with van der Waals surface area (Å²) in [5, 5.41) is 13.4. The predicted molar refractivity (Wildman–Crippen MR) is 75.0 cm³/mol. The number of aliphatic carboxylic acids is 1. The van der Waals surface area contributed by atoms with Crippen LogP contribution in [0.3, 0.4) is 0 Å². The van der Waals surface area contributed by atoms with Gasteiger partial charge in [0.15, 0.2) is 0 Å². The zero-order chi connectivity index (χ0) is 14.3. The number of aromatic nitrogens is 2. The summed E-state index contributed by atoms with van der Waals surface area (Å²) >= 11 is 0. The molecule has 0 bridgehead atoms. The minimum atomic E-state index is -0.832. The van der Waals surface area contributed by atoms with Gasteiger partial charge in [0.1, 0.15) is 0 Å². The van der Waals surface area contributed by atoms with Crippen molar-refractivity contribution < 1.29 is 9.90 Å². The summed E-state index contributed by atoms with van der Waals surface area (Å²) < 4.78 is 1.97.